The van der Waals surface area contributed by atoms with Gasteiger partial charge in [0, 0.05) is 21.4 Å². The monoisotopic (exact) mass is 506 g/mol. The summed E-state index contributed by atoms with van der Waals surface area (Å²) in [5.74, 6) is 0.399. The van der Waals surface area contributed by atoms with Gasteiger partial charge in [-0.25, -0.2) is 0 Å². The van der Waals surface area contributed by atoms with E-state index in [-0.39, 0.29) is 12.8 Å². The lowest BCUT2D eigenvalue weighted by atomic mass is 10.0. The maximum Gasteiger partial charge on any atom is 0.325 e. The lowest BCUT2D eigenvalue weighted by Gasteiger charge is -2.15. The summed E-state index contributed by atoms with van der Waals surface area (Å²) in [6, 6.07) is 23.9. The summed E-state index contributed by atoms with van der Waals surface area (Å²) in [6.45, 7) is 0.281. The van der Waals surface area contributed by atoms with Crippen LogP contribution in [0.3, 0.4) is 0 Å². The normalized spacial score (nSPS) is 12.5. The fourth-order valence-corrected chi connectivity index (χ4v) is 5.67. The number of hydrogen-bond acceptors (Lipinski definition) is 4. The van der Waals surface area contributed by atoms with E-state index in [0.29, 0.717) is 30.9 Å². The first-order valence-corrected chi connectivity index (χ1v) is 13.7. The van der Waals surface area contributed by atoms with E-state index in [1.807, 2.05) is 72.8 Å². The minimum absolute atomic E-state index is 0.234. The Labute approximate surface area is 203 Å². The maximum absolute atomic E-state index is 11.1. The highest BCUT2D eigenvalue weighted by atomic mass is 35.5. The third-order valence-electron chi connectivity index (χ3n) is 5.13. The van der Waals surface area contributed by atoms with Crippen molar-refractivity contribution < 1.29 is 24.2 Å². The third kappa shape index (κ3) is 9.17. The second kappa shape index (κ2) is 12.6. The van der Waals surface area contributed by atoms with Gasteiger partial charge in [-0.05, 0) is 66.6 Å². The predicted molar refractivity (Wildman–Crippen MR) is 133 cm³/mol. The molecule has 0 saturated carbocycles. The summed E-state index contributed by atoms with van der Waals surface area (Å²) in [5.41, 5.74) is 2.10. The summed E-state index contributed by atoms with van der Waals surface area (Å²) in [7, 11) is -4.12. The molecule has 0 aromatic heterocycles. The van der Waals surface area contributed by atoms with Crippen LogP contribution in [0.2, 0.25) is 5.02 Å². The van der Waals surface area contributed by atoms with Crippen molar-refractivity contribution in [3.63, 3.8) is 0 Å². The quantitative estimate of drug-likeness (QED) is 0.254. The number of ether oxygens (including phenoxy) is 1. The van der Waals surface area contributed by atoms with Gasteiger partial charge in [0.2, 0.25) is 0 Å². The van der Waals surface area contributed by atoms with E-state index in [0.717, 1.165) is 26.7 Å². The predicted octanol–water partition coefficient (Wildman–Crippen LogP) is 6.18. The van der Waals surface area contributed by atoms with Gasteiger partial charge < -0.3 is 19.6 Å². The van der Waals surface area contributed by atoms with Crippen LogP contribution in [-0.2, 0) is 17.6 Å². The van der Waals surface area contributed by atoms with Gasteiger partial charge in [-0.1, -0.05) is 65.8 Å². The molecular formula is C25H28ClO5PS. The van der Waals surface area contributed by atoms with E-state index in [9.17, 15) is 9.67 Å². The van der Waals surface area contributed by atoms with Crippen molar-refractivity contribution in [2.75, 3.05) is 12.8 Å². The fraction of sp³-hybridized carbons (Fsp3) is 0.280. The standard InChI is InChI=1S/C25H28ClO5PS/c26-25-15-24(13-12-21(25)9-4-8-20(16-27)18-32(28,29)30)33-23-11-5-10-22(14-23)31-17-19-6-2-1-3-7-19/h1-3,5-7,10-15,20,27H,4,8-9,16-18H2,(H2,28,29,30). The molecule has 1 unspecified atom stereocenters. The molecule has 1 atom stereocenters. The molecule has 0 heterocycles. The molecule has 0 bridgehead atoms. The molecule has 0 aliphatic heterocycles. The number of aliphatic hydroxyl groups is 1. The number of rotatable bonds is 12. The van der Waals surface area contributed by atoms with Crippen LogP contribution < -0.4 is 4.74 Å². The average molecular weight is 507 g/mol. The first kappa shape index (κ1) is 25.8. The molecule has 0 aliphatic carbocycles. The van der Waals surface area contributed by atoms with E-state index < -0.39 is 13.5 Å². The number of hydrogen-bond donors (Lipinski definition) is 3. The van der Waals surface area contributed by atoms with Crippen molar-refractivity contribution in [3.05, 3.63) is 88.9 Å². The summed E-state index contributed by atoms with van der Waals surface area (Å²) in [5, 5.41) is 10.0. The average Bonchev–Trinajstić information content (AvgIpc) is 2.78. The summed E-state index contributed by atoms with van der Waals surface area (Å²) in [4.78, 5) is 20.3. The molecule has 176 valence electrons. The van der Waals surface area contributed by atoms with Crippen LogP contribution in [0.15, 0.2) is 82.6 Å². The maximum atomic E-state index is 11.1. The molecule has 3 N–H and O–H groups in total. The zero-order chi connectivity index (χ0) is 23.7. The van der Waals surface area contributed by atoms with Crippen molar-refractivity contribution in [1.82, 2.24) is 0 Å². The molecular weight excluding hydrogens is 479 g/mol. The highest BCUT2D eigenvalue weighted by Gasteiger charge is 2.20. The number of benzene rings is 3. The van der Waals surface area contributed by atoms with E-state index in [1.54, 1.807) is 11.8 Å². The van der Waals surface area contributed by atoms with Crippen LogP contribution in [0.1, 0.15) is 24.0 Å². The third-order valence-corrected chi connectivity index (χ3v) is 7.45. The Hall–Kier alpha value is -1.79. The second-order valence-electron chi connectivity index (χ2n) is 7.89. The van der Waals surface area contributed by atoms with E-state index in [1.165, 1.54) is 0 Å². The summed E-state index contributed by atoms with van der Waals surface area (Å²) in [6.07, 6.45) is 1.62. The molecule has 5 nitrogen and oxygen atoms in total. The first-order chi connectivity index (χ1) is 15.8. The topological polar surface area (TPSA) is 87.0 Å². The lowest BCUT2D eigenvalue weighted by Crippen LogP contribution is -2.12. The van der Waals surface area contributed by atoms with E-state index in [2.05, 4.69) is 0 Å². The largest absolute Gasteiger partial charge is 0.489 e. The van der Waals surface area contributed by atoms with Crippen LogP contribution in [0.5, 0.6) is 5.75 Å². The molecule has 33 heavy (non-hydrogen) atoms. The number of aliphatic hydroxyl groups excluding tert-OH is 1. The van der Waals surface area contributed by atoms with Gasteiger partial charge in [0.1, 0.15) is 12.4 Å². The Morgan fingerprint density at radius 3 is 2.42 bits per heavy atom. The Morgan fingerprint density at radius 1 is 0.970 bits per heavy atom. The molecule has 0 radical (unpaired) electrons. The van der Waals surface area contributed by atoms with Gasteiger partial charge in [-0.15, -0.1) is 0 Å². The Kier molecular flexibility index (Phi) is 9.87. The van der Waals surface area contributed by atoms with E-state index >= 15 is 0 Å². The highest BCUT2D eigenvalue weighted by Crippen LogP contribution is 2.38. The molecule has 3 aromatic carbocycles. The summed E-state index contributed by atoms with van der Waals surface area (Å²) >= 11 is 8.09. The van der Waals surface area contributed by atoms with Crippen molar-refractivity contribution >= 4 is 31.0 Å². The Morgan fingerprint density at radius 2 is 1.73 bits per heavy atom. The first-order valence-electron chi connectivity index (χ1n) is 10.7. The van der Waals surface area contributed by atoms with Crippen molar-refractivity contribution in [1.29, 1.82) is 0 Å². The smallest absolute Gasteiger partial charge is 0.325 e. The molecule has 0 saturated heterocycles. The van der Waals surface area contributed by atoms with Crippen molar-refractivity contribution in [2.24, 2.45) is 5.92 Å². The summed E-state index contributed by atoms with van der Waals surface area (Å²) < 4.78 is 17.1. The van der Waals surface area contributed by atoms with Gasteiger partial charge in [0.25, 0.3) is 0 Å². The van der Waals surface area contributed by atoms with Crippen molar-refractivity contribution in [2.45, 2.75) is 35.7 Å². The van der Waals surface area contributed by atoms with Crippen LogP contribution in [0, 0.1) is 5.92 Å². The fourth-order valence-electron chi connectivity index (χ4n) is 3.46. The zero-order valence-electron chi connectivity index (χ0n) is 18.1. The molecule has 3 aromatic rings. The lowest BCUT2D eigenvalue weighted by molar-refractivity contribution is 0.222. The van der Waals surface area contributed by atoms with Gasteiger partial charge in [0.15, 0.2) is 0 Å². The van der Waals surface area contributed by atoms with Crippen LogP contribution in [0.25, 0.3) is 0 Å². The Bertz CT molecular complexity index is 1070. The molecule has 0 aliphatic rings. The Balaban J connectivity index is 1.54. The second-order valence-corrected chi connectivity index (χ2v) is 11.1. The molecule has 0 spiro atoms. The van der Waals surface area contributed by atoms with Gasteiger partial charge in [-0.3, -0.25) is 4.57 Å². The van der Waals surface area contributed by atoms with Gasteiger partial charge in [-0.2, -0.15) is 0 Å². The highest BCUT2D eigenvalue weighted by molar-refractivity contribution is 7.99. The van der Waals surface area contributed by atoms with Crippen LogP contribution >= 0.6 is 31.0 Å². The zero-order valence-corrected chi connectivity index (χ0v) is 20.6. The number of halogens is 1. The minimum atomic E-state index is -4.12. The van der Waals surface area contributed by atoms with Gasteiger partial charge in [0.05, 0.1) is 6.16 Å². The molecule has 0 fully saturated rings. The van der Waals surface area contributed by atoms with Crippen LogP contribution in [-0.4, -0.2) is 27.7 Å². The molecule has 8 heteroatoms. The molecule has 3 rings (SSSR count). The van der Waals surface area contributed by atoms with Crippen molar-refractivity contribution in [3.8, 4) is 5.75 Å². The SMILES string of the molecule is O=P(O)(O)CC(CO)CCCc1ccc(Sc2cccc(OCc3ccccc3)c2)cc1Cl. The molecule has 0 amide bonds. The van der Waals surface area contributed by atoms with Crippen LogP contribution in [0.4, 0.5) is 0 Å². The number of aryl methyl sites for hydroxylation is 1. The van der Waals surface area contributed by atoms with E-state index in [4.69, 9.17) is 26.1 Å². The van der Waals surface area contributed by atoms with Gasteiger partial charge >= 0.3 is 7.60 Å². The minimum Gasteiger partial charge on any atom is -0.489 e.